The molecule has 21 heavy (non-hydrogen) atoms. The molecule has 1 atom stereocenters. The van der Waals surface area contributed by atoms with Crippen LogP contribution in [-0.4, -0.2) is 20.2 Å². The highest BCUT2D eigenvalue weighted by molar-refractivity contribution is 5.53. The van der Waals surface area contributed by atoms with Gasteiger partial charge in [-0.2, -0.15) is 4.98 Å². The van der Waals surface area contributed by atoms with Crippen LogP contribution in [0, 0.1) is 0 Å². The van der Waals surface area contributed by atoms with Crippen LogP contribution < -0.4 is 0 Å². The molecule has 3 aromatic rings. The number of aromatic nitrogens is 3. The Kier molecular flexibility index (Phi) is 3.75. The van der Waals surface area contributed by atoms with Gasteiger partial charge in [0, 0.05) is 6.20 Å². The van der Waals surface area contributed by atoms with Crippen LogP contribution in [0.5, 0.6) is 0 Å². The molecule has 0 aliphatic heterocycles. The maximum absolute atomic E-state index is 10.3. The van der Waals surface area contributed by atoms with E-state index in [0.29, 0.717) is 17.1 Å². The summed E-state index contributed by atoms with van der Waals surface area (Å²) in [6.07, 6.45) is 1.59. The van der Waals surface area contributed by atoms with Crippen molar-refractivity contribution in [3.05, 3.63) is 65.7 Å². The molecule has 5 nitrogen and oxygen atoms in total. The van der Waals surface area contributed by atoms with Gasteiger partial charge in [-0.25, -0.2) is 0 Å². The molecule has 0 radical (unpaired) electrons. The molecule has 1 N–H and O–H groups in total. The predicted molar refractivity (Wildman–Crippen MR) is 77.4 cm³/mol. The van der Waals surface area contributed by atoms with Crippen molar-refractivity contribution in [1.82, 2.24) is 15.1 Å². The molecule has 106 valence electrons. The molecule has 5 heteroatoms. The summed E-state index contributed by atoms with van der Waals surface area (Å²) in [5.74, 6) is 0.571. The van der Waals surface area contributed by atoms with Crippen LogP contribution in [-0.2, 0) is 6.42 Å². The molecule has 0 fully saturated rings. The summed E-state index contributed by atoms with van der Waals surface area (Å²) in [6, 6.07) is 13.1. The second-order valence-corrected chi connectivity index (χ2v) is 4.63. The Morgan fingerprint density at radius 2 is 1.95 bits per heavy atom. The fraction of sp³-hybridized carbons (Fsp3) is 0.188. The normalized spacial score (nSPS) is 12.3. The lowest BCUT2D eigenvalue weighted by molar-refractivity contribution is 0.170. The number of pyridine rings is 1. The third kappa shape index (κ3) is 2.68. The van der Waals surface area contributed by atoms with E-state index in [1.165, 1.54) is 0 Å². The molecule has 1 unspecified atom stereocenters. The lowest BCUT2D eigenvalue weighted by atomic mass is 10.1. The number of rotatable bonds is 4. The number of aliphatic hydroxyl groups excluding tert-OH is 1. The van der Waals surface area contributed by atoms with Crippen molar-refractivity contribution >= 4 is 0 Å². The van der Waals surface area contributed by atoms with Crippen LogP contribution >= 0.6 is 0 Å². The molecule has 0 amide bonds. The van der Waals surface area contributed by atoms with Crippen LogP contribution in [0.15, 0.2) is 53.2 Å². The average molecular weight is 281 g/mol. The van der Waals surface area contributed by atoms with Crippen molar-refractivity contribution in [2.45, 2.75) is 19.4 Å². The maximum atomic E-state index is 10.3. The number of aliphatic hydroxyl groups is 1. The molecule has 3 rings (SSSR count). The maximum Gasteiger partial charge on any atom is 0.260 e. The predicted octanol–water partition coefficient (Wildman–Crippen LogP) is 2.78. The number of hydrogen-bond donors (Lipinski definition) is 1. The van der Waals surface area contributed by atoms with Gasteiger partial charge in [-0.05, 0) is 23.6 Å². The fourth-order valence-corrected chi connectivity index (χ4v) is 2.15. The van der Waals surface area contributed by atoms with Crippen LogP contribution in [0.4, 0.5) is 0 Å². The van der Waals surface area contributed by atoms with E-state index < -0.39 is 6.10 Å². The fourth-order valence-electron chi connectivity index (χ4n) is 2.15. The molecular formula is C16H15N3O2. The Balaban J connectivity index is 1.93. The Hall–Kier alpha value is -2.53. The first kappa shape index (κ1) is 13.5. The van der Waals surface area contributed by atoms with E-state index in [-0.39, 0.29) is 5.89 Å². The first-order valence-electron chi connectivity index (χ1n) is 6.80. The summed E-state index contributed by atoms with van der Waals surface area (Å²) in [4.78, 5) is 8.57. The summed E-state index contributed by atoms with van der Waals surface area (Å²) in [5.41, 5.74) is 2.44. The topological polar surface area (TPSA) is 72.0 Å². The van der Waals surface area contributed by atoms with Crippen molar-refractivity contribution in [3.63, 3.8) is 0 Å². The monoisotopic (exact) mass is 281 g/mol. The molecule has 2 heterocycles. The van der Waals surface area contributed by atoms with Crippen LogP contribution in [0.2, 0.25) is 0 Å². The lowest BCUT2D eigenvalue weighted by Crippen LogP contribution is -2.00. The zero-order valence-corrected chi connectivity index (χ0v) is 11.6. The van der Waals surface area contributed by atoms with Gasteiger partial charge in [0.15, 0.2) is 6.10 Å². The standard InChI is InChI=1S/C16H15N3O2/c1-2-11-9-6-10-17-13(11)15-18-16(21-19-15)14(20)12-7-4-3-5-8-12/h3-10,14,20H,2H2,1H3. The molecule has 1 aromatic carbocycles. The van der Waals surface area contributed by atoms with E-state index in [1.807, 2.05) is 49.4 Å². The third-order valence-electron chi connectivity index (χ3n) is 3.27. The van der Waals surface area contributed by atoms with Gasteiger partial charge in [0.1, 0.15) is 5.69 Å². The van der Waals surface area contributed by atoms with E-state index in [1.54, 1.807) is 6.20 Å². The molecular weight excluding hydrogens is 266 g/mol. The van der Waals surface area contributed by atoms with E-state index in [0.717, 1.165) is 12.0 Å². The summed E-state index contributed by atoms with van der Waals surface area (Å²) in [7, 11) is 0. The highest BCUT2D eigenvalue weighted by Crippen LogP contribution is 2.24. The van der Waals surface area contributed by atoms with Gasteiger partial charge in [-0.15, -0.1) is 0 Å². The molecule has 0 aliphatic rings. The molecule has 0 bridgehead atoms. The van der Waals surface area contributed by atoms with Gasteiger partial charge in [0.25, 0.3) is 5.89 Å². The van der Waals surface area contributed by atoms with E-state index >= 15 is 0 Å². The van der Waals surface area contributed by atoms with Crippen molar-refractivity contribution in [2.75, 3.05) is 0 Å². The Bertz CT molecular complexity index is 725. The summed E-state index contributed by atoms with van der Waals surface area (Å²) >= 11 is 0. The van der Waals surface area contributed by atoms with E-state index in [9.17, 15) is 5.11 Å². The van der Waals surface area contributed by atoms with E-state index in [2.05, 4.69) is 15.1 Å². The van der Waals surface area contributed by atoms with Crippen molar-refractivity contribution < 1.29 is 9.63 Å². The zero-order valence-electron chi connectivity index (χ0n) is 11.6. The number of benzene rings is 1. The van der Waals surface area contributed by atoms with Crippen LogP contribution in [0.1, 0.15) is 30.0 Å². The van der Waals surface area contributed by atoms with Crippen molar-refractivity contribution in [2.24, 2.45) is 0 Å². The highest BCUT2D eigenvalue weighted by Gasteiger charge is 2.20. The first-order valence-corrected chi connectivity index (χ1v) is 6.80. The van der Waals surface area contributed by atoms with Crippen LogP contribution in [0.25, 0.3) is 11.5 Å². The van der Waals surface area contributed by atoms with Crippen LogP contribution in [0.3, 0.4) is 0 Å². The van der Waals surface area contributed by atoms with Crippen molar-refractivity contribution in [1.29, 1.82) is 0 Å². The molecule has 0 spiro atoms. The van der Waals surface area contributed by atoms with Gasteiger partial charge in [0.05, 0.1) is 0 Å². The van der Waals surface area contributed by atoms with Gasteiger partial charge in [0.2, 0.25) is 5.82 Å². The minimum absolute atomic E-state index is 0.170. The zero-order chi connectivity index (χ0) is 14.7. The average Bonchev–Trinajstić information content (AvgIpc) is 3.04. The number of aryl methyl sites for hydroxylation is 1. The molecule has 0 saturated carbocycles. The first-order chi connectivity index (χ1) is 10.3. The molecule has 0 aliphatic carbocycles. The van der Waals surface area contributed by atoms with Gasteiger partial charge in [-0.1, -0.05) is 48.5 Å². The SMILES string of the molecule is CCc1cccnc1-c1noc(C(O)c2ccccc2)n1. The quantitative estimate of drug-likeness (QED) is 0.796. The smallest absolute Gasteiger partial charge is 0.260 e. The Morgan fingerprint density at radius 1 is 1.14 bits per heavy atom. The largest absolute Gasteiger partial charge is 0.378 e. The summed E-state index contributed by atoms with van der Waals surface area (Å²) in [5, 5.41) is 14.2. The minimum Gasteiger partial charge on any atom is -0.378 e. The molecule has 2 aromatic heterocycles. The second-order valence-electron chi connectivity index (χ2n) is 4.63. The van der Waals surface area contributed by atoms with Gasteiger partial charge in [-0.3, -0.25) is 4.98 Å². The summed E-state index contributed by atoms with van der Waals surface area (Å²) < 4.78 is 5.18. The van der Waals surface area contributed by atoms with Gasteiger partial charge >= 0.3 is 0 Å². The Morgan fingerprint density at radius 3 is 2.71 bits per heavy atom. The Labute approximate surface area is 122 Å². The third-order valence-corrected chi connectivity index (χ3v) is 3.27. The van der Waals surface area contributed by atoms with E-state index in [4.69, 9.17) is 4.52 Å². The molecule has 0 saturated heterocycles. The van der Waals surface area contributed by atoms with Gasteiger partial charge < -0.3 is 9.63 Å². The number of hydrogen-bond acceptors (Lipinski definition) is 5. The second kappa shape index (κ2) is 5.85. The summed E-state index contributed by atoms with van der Waals surface area (Å²) in [6.45, 7) is 2.04. The van der Waals surface area contributed by atoms with Crippen molar-refractivity contribution in [3.8, 4) is 11.5 Å². The highest BCUT2D eigenvalue weighted by atomic mass is 16.5. The number of nitrogens with zero attached hydrogens (tertiary/aromatic N) is 3. The lowest BCUT2D eigenvalue weighted by Gasteiger charge is -2.04. The minimum atomic E-state index is -0.929.